The molecule has 2 aliphatic rings. The van der Waals surface area contributed by atoms with Crippen molar-refractivity contribution in [3.63, 3.8) is 0 Å². The third-order valence-corrected chi connectivity index (χ3v) is 7.44. The molecule has 0 saturated carbocycles. The molecule has 3 rings (SSSR count). The minimum atomic E-state index is -4.40. The van der Waals surface area contributed by atoms with E-state index in [1.807, 2.05) is 13.8 Å². The van der Waals surface area contributed by atoms with Crippen molar-refractivity contribution in [2.75, 3.05) is 19.7 Å². The van der Waals surface area contributed by atoms with Gasteiger partial charge in [0.25, 0.3) is 5.91 Å². The standard InChI is InChI=1S/C25H37F3N2O2/c1-17(2)20-9-12-30(13-10-20)22-8-11-24(18(3)4,32-16-22)23(31)29-15-19-6-5-7-21(14-19)25(26,27)28/h5-7,14,17-18,20,22H,8-13,15-16H2,1-4H3,(H,29,31)/t22-,24+/m1/s1. The zero-order valence-corrected chi connectivity index (χ0v) is 19.7. The van der Waals surface area contributed by atoms with E-state index in [0.717, 1.165) is 37.6 Å². The van der Waals surface area contributed by atoms with E-state index < -0.39 is 17.3 Å². The molecule has 2 heterocycles. The number of likely N-dealkylation sites (tertiary alicyclic amines) is 1. The van der Waals surface area contributed by atoms with Gasteiger partial charge in [0.15, 0.2) is 0 Å². The van der Waals surface area contributed by atoms with Gasteiger partial charge in [-0.3, -0.25) is 9.69 Å². The third-order valence-electron chi connectivity index (χ3n) is 7.44. The van der Waals surface area contributed by atoms with E-state index in [0.29, 0.717) is 30.6 Å². The highest BCUT2D eigenvalue weighted by molar-refractivity contribution is 5.85. The Balaban J connectivity index is 1.58. The minimum absolute atomic E-state index is 0.0309. The molecule has 0 unspecified atom stereocenters. The zero-order valence-electron chi connectivity index (χ0n) is 19.7. The first-order valence-corrected chi connectivity index (χ1v) is 11.9. The monoisotopic (exact) mass is 454 g/mol. The Bertz CT molecular complexity index is 763. The summed E-state index contributed by atoms with van der Waals surface area (Å²) in [5.41, 5.74) is -1.22. The summed E-state index contributed by atoms with van der Waals surface area (Å²) in [5.74, 6) is 1.24. The number of halogens is 3. The molecule has 1 amide bonds. The van der Waals surface area contributed by atoms with Crippen LogP contribution in [0, 0.1) is 17.8 Å². The Kier molecular flexibility index (Phi) is 7.92. The van der Waals surface area contributed by atoms with E-state index in [9.17, 15) is 18.0 Å². The molecule has 7 heteroatoms. The van der Waals surface area contributed by atoms with E-state index in [4.69, 9.17) is 4.74 Å². The van der Waals surface area contributed by atoms with Crippen molar-refractivity contribution < 1.29 is 22.7 Å². The van der Waals surface area contributed by atoms with Gasteiger partial charge in [-0.05, 0) is 74.2 Å². The van der Waals surface area contributed by atoms with Crippen LogP contribution in [0.5, 0.6) is 0 Å². The van der Waals surface area contributed by atoms with Crippen LogP contribution < -0.4 is 5.32 Å². The van der Waals surface area contributed by atoms with Gasteiger partial charge in [0.1, 0.15) is 5.60 Å². The number of alkyl halides is 3. The van der Waals surface area contributed by atoms with Crippen LogP contribution in [-0.4, -0.2) is 42.1 Å². The number of rotatable bonds is 6. The number of carbonyl (C=O) groups is 1. The Labute approximate surface area is 189 Å². The Morgan fingerprint density at radius 3 is 2.41 bits per heavy atom. The quantitative estimate of drug-likeness (QED) is 0.637. The Morgan fingerprint density at radius 1 is 1.19 bits per heavy atom. The van der Waals surface area contributed by atoms with Crippen LogP contribution in [-0.2, 0) is 22.3 Å². The summed E-state index contributed by atoms with van der Waals surface area (Å²) in [6.45, 7) is 11.2. The molecule has 2 atom stereocenters. The summed E-state index contributed by atoms with van der Waals surface area (Å²) in [5, 5.41) is 2.84. The number of carbonyl (C=O) groups excluding carboxylic acids is 1. The van der Waals surface area contributed by atoms with Gasteiger partial charge < -0.3 is 10.1 Å². The first kappa shape index (κ1) is 25.0. The average Bonchev–Trinajstić information content (AvgIpc) is 2.77. The number of benzene rings is 1. The molecular formula is C25H37F3N2O2. The summed E-state index contributed by atoms with van der Waals surface area (Å²) in [6.07, 6.45) is -0.471. The molecule has 0 bridgehead atoms. The smallest absolute Gasteiger partial charge is 0.363 e. The summed E-state index contributed by atoms with van der Waals surface area (Å²) < 4.78 is 45.2. The predicted molar refractivity (Wildman–Crippen MR) is 119 cm³/mol. The van der Waals surface area contributed by atoms with Crippen LogP contribution in [0.4, 0.5) is 13.2 Å². The van der Waals surface area contributed by atoms with Crippen LogP contribution in [0.2, 0.25) is 0 Å². The maximum atomic E-state index is 13.1. The topological polar surface area (TPSA) is 41.6 Å². The van der Waals surface area contributed by atoms with Gasteiger partial charge in [0, 0.05) is 12.6 Å². The van der Waals surface area contributed by atoms with Crippen molar-refractivity contribution in [3.8, 4) is 0 Å². The van der Waals surface area contributed by atoms with Gasteiger partial charge in [-0.2, -0.15) is 13.2 Å². The number of hydrogen-bond acceptors (Lipinski definition) is 3. The predicted octanol–water partition coefficient (Wildman–Crippen LogP) is 5.26. The number of amides is 1. The zero-order chi connectivity index (χ0) is 23.5. The summed E-state index contributed by atoms with van der Waals surface area (Å²) >= 11 is 0. The van der Waals surface area contributed by atoms with Gasteiger partial charge in [0.2, 0.25) is 0 Å². The van der Waals surface area contributed by atoms with Gasteiger partial charge in [-0.15, -0.1) is 0 Å². The van der Waals surface area contributed by atoms with E-state index in [2.05, 4.69) is 24.1 Å². The summed E-state index contributed by atoms with van der Waals surface area (Å²) in [6, 6.07) is 5.41. The number of nitrogens with one attached hydrogen (secondary N) is 1. The average molecular weight is 455 g/mol. The highest BCUT2D eigenvalue weighted by Gasteiger charge is 2.46. The molecule has 0 spiro atoms. The largest absolute Gasteiger partial charge is 0.416 e. The lowest BCUT2D eigenvalue weighted by atomic mass is 9.80. The number of nitrogens with zero attached hydrogens (tertiary/aromatic N) is 1. The van der Waals surface area contributed by atoms with E-state index >= 15 is 0 Å². The second-order valence-electron chi connectivity index (χ2n) is 10.0. The highest BCUT2D eigenvalue weighted by Crippen LogP contribution is 2.36. The van der Waals surface area contributed by atoms with Crippen LogP contribution in [0.15, 0.2) is 24.3 Å². The second-order valence-corrected chi connectivity index (χ2v) is 10.0. The molecule has 32 heavy (non-hydrogen) atoms. The molecule has 0 radical (unpaired) electrons. The van der Waals surface area contributed by atoms with Gasteiger partial charge in [-0.1, -0.05) is 39.8 Å². The van der Waals surface area contributed by atoms with E-state index in [-0.39, 0.29) is 18.4 Å². The van der Waals surface area contributed by atoms with E-state index in [1.54, 1.807) is 6.07 Å². The van der Waals surface area contributed by atoms with Gasteiger partial charge >= 0.3 is 6.18 Å². The molecule has 2 saturated heterocycles. The molecule has 4 nitrogen and oxygen atoms in total. The fourth-order valence-electron chi connectivity index (χ4n) is 5.11. The van der Waals surface area contributed by atoms with Crippen molar-refractivity contribution in [3.05, 3.63) is 35.4 Å². The van der Waals surface area contributed by atoms with Gasteiger partial charge in [-0.25, -0.2) is 0 Å². The molecule has 0 aromatic heterocycles. The van der Waals surface area contributed by atoms with Crippen LogP contribution >= 0.6 is 0 Å². The molecular weight excluding hydrogens is 417 g/mol. The minimum Gasteiger partial charge on any atom is -0.363 e. The lowest BCUT2D eigenvalue weighted by Crippen LogP contribution is -2.58. The fraction of sp³-hybridized carbons (Fsp3) is 0.720. The number of ether oxygens (including phenoxy) is 1. The van der Waals surface area contributed by atoms with Crippen LogP contribution in [0.1, 0.15) is 64.5 Å². The molecule has 1 N–H and O–H groups in total. The molecule has 0 aliphatic carbocycles. The van der Waals surface area contributed by atoms with Crippen molar-refractivity contribution >= 4 is 5.91 Å². The Hall–Kier alpha value is -1.60. The first-order chi connectivity index (χ1) is 15.0. The van der Waals surface area contributed by atoms with Crippen molar-refractivity contribution in [1.29, 1.82) is 0 Å². The maximum Gasteiger partial charge on any atom is 0.416 e. The number of piperidine rings is 1. The first-order valence-electron chi connectivity index (χ1n) is 11.9. The lowest BCUT2D eigenvalue weighted by molar-refractivity contribution is -0.170. The Morgan fingerprint density at radius 2 is 1.88 bits per heavy atom. The third kappa shape index (κ3) is 5.66. The molecule has 180 valence electrons. The normalized spacial score (nSPS) is 26.0. The fourth-order valence-corrected chi connectivity index (χ4v) is 5.11. The lowest BCUT2D eigenvalue weighted by Gasteiger charge is -2.46. The van der Waals surface area contributed by atoms with Crippen LogP contribution in [0.3, 0.4) is 0 Å². The van der Waals surface area contributed by atoms with Gasteiger partial charge in [0.05, 0.1) is 12.2 Å². The van der Waals surface area contributed by atoms with Crippen molar-refractivity contribution in [2.24, 2.45) is 17.8 Å². The van der Waals surface area contributed by atoms with Crippen LogP contribution in [0.25, 0.3) is 0 Å². The highest BCUT2D eigenvalue weighted by atomic mass is 19.4. The molecule has 1 aromatic rings. The second kappa shape index (κ2) is 10.1. The molecule has 2 aliphatic heterocycles. The SMILES string of the molecule is CC(C)C1CCN([C@@H]2CC[C@@](C(=O)NCc3cccc(C(F)(F)F)c3)(C(C)C)OC2)CC1. The van der Waals surface area contributed by atoms with Crippen molar-refractivity contribution in [2.45, 2.75) is 77.7 Å². The summed E-state index contributed by atoms with van der Waals surface area (Å²) in [7, 11) is 0. The summed E-state index contributed by atoms with van der Waals surface area (Å²) in [4.78, 5) is 15.6. The van der Waals surface area contributed by atoms with Crippen molar-refractivity contribution in [1.82, 2.24) is 10.2 Å². The molecule has 2 fully saturated rings. The van der Waals surface area contributed by atoms with E-state index in [1.165, 1.54) is 18.9 Å². The number of hydrogen-bond donors (Lipinski definition) is 1. The molecule has 1 aromatic carbocycles. The maximum absolute atomic E-state index is 13.1.